The van der Waals surface area contributed by atoms with Crippen LogP contribution in [0.15, 0.2) is 72.1 Å². The van der Waals surface area contributed by atoms with Crippen molar-refractivity contribution in [3.63, 3.8) is 0 Å². The van der Waals surface area contributed by atoms with Crippen molar-refractivity contribution in [1.82, 2.24) is 9.80 Å². The van der Waals surface area contributed by atoms with Gasteiger partial charge in [-0.2, -0.15) is 0 Å². The Hall–Kier alpha value is -3.16. The van der Waals surface area contributed by atoms with Crippen molar-refractivity contribution < 1.29 is 19.1 Å². The molecule has 0 spiro atoms. The average Bonchev–Trinajstić information content (AvgIpc) is 3.29. The monoisotopic (exact) mass is 494 g/mol. The number of para-hydroxylation sites is 1. The molecule has 0 atom stereocenters. The minimum atomic E-state index is -0.217. The fraction of sp³-hybridized carbons (Fsp3) is 0.357. The van der Waals surface area contributed by atoms with Crippen LogP contribution in [-0.2, 0) is 27.4 Å². The summed E-state index contributed by atoms with van der Waals surface area (Å²) in [7, 11) is 0. The second kappa shape index (κ2) is 14.3. The highest BCUT2D eigenvalue weighted by molar-refractivity contribution is 7.10. The Labute approximate surface area is 212 Å². The number of aryl methyl sites for hydroxylation is 1. The van der Waals surface area contributed by atoms with Crippen LogP contribution in [0.25, 0.3) is 0 Å². The molecule has 1 heterocycles. The third-order valence-corrected chi connectivity index (χ3v) is 6.58. The lowest BCUT2D eigenvalue weighted by Gasteiger charge is -2.28. The zero-order chi connectivity index (χ0) is 24.9. The van der Waals surface area contributed by atoms with Gasteiger partial charge in [-0.3, -0.25) is 9.59 Å². The summed E-state index contributed by atoms with van der Waals surface area (Å²) in [5, 5.41) is 2.04. The molecule has 0 saturated carbocycles. The van der Waals surface area contributed by atoms with Crippen LogP contribution in [0.5, 0.6) is 5.75 Å². The predicted octanol–water partition coefficient (Wildman–Crippen LogP) is 4.92. The van der Waals surface area contributed by atoms with E-state index in [2.05, 4.69) is 13.0 Å². The molecule has 0 saturated heterocycles. The summed E-state index contributed by atoms with van der Waals surface area (Å²) in [6.45, 7) is 6.47. The van der Waals surface area contributed by atoms with E-state index in [1.165, 1.54) is 5.56 Å². The Balaban J connectivity index is 1.70. The molecule has 35 heavy (non-hydrogen) atoms. The molecule has 0 fully saturated rings. The van der Waals surface area contributed by atoms with E-state index in [1.807, 2.05) is 77.9 Å². The van der Waals surface area contributed by atoms with Crippen molar-refractivity contribution in [2.75, 3.05) is 32.9 Å². The Morgan fingerprint density at radius 2 is 1.60 bits per heavy atom. The molecule has 1 aromatic heterocycles. The Morgan fingerprint density at radius 1 is 0.886 bits per heavy atom. The predicted molar refractivity (Wildman–Crippen MR) is 139 cm³/mol. The molecule has 186 valence electrons. The Morgan fingerprint density at radius 3 is 2.26 bits per heavy atom. The molecule has 3 aromatic rings. The van der Waals surface area contributed by atoms with Crippen LogP contribution in [0, 0.1) is 6.92 Å². The number of nitrogens with zero attached hydrogens (tertiary/aromatic N) is 2. The van der Waals surface area contributed by atoms with Gasteiger partial charge in [-0.05, 0) is 55.0 Å². The molecule has 6 nitrogen and oxygen atoms in total. The van der Waals surface area contributed by atoms with Crippen molar-refractivity contribution >= 4 is 23.2 Å². The summed E-state index contributed by atoms with van der Waals surface area (Å²) >= 11 is 1.65. The summed E-state index contributed by atoms with van der Waals surface area (Å²) in [4.78, 5) is 31.2. The van der Waals surface area contributed by atoms with Crippen LogP contribution in [0.3, 0.4) is 0 Å². The fourth-order valence-corrected chi connectivity index (χ4v) is 4.51. The maximum absolute atomic E-state index is 13.5. The van der Waals surface area contributed by atoms with Crippen LogP contribution >= 0.6 is 11.3 Å². The van der Waals surface area contributed by atoms with Gasteiger partial charge in [0.15, 0.2) is 6.61 Å². The number of hydrogen-bond acceptors (Lipinski definition) is 5. The maximum atomic E-state index is 13.5. The quantitative estimate of drug-likeness (QED) is 0.299. The van der Waals surface area contributed by atoms with Crippen molar-refractivity contribution in [2.45, 2.75) is 33.4 Å². The lowest BCUT2D eigenvalue weighted by Crippen LogP contribution is -2.44. The smallest absolute Gasteiger partial charge is 0.260 e. The third kappa shape index (κ3) is 8.85. The summed E-state index contributed by atoms with van der Waals surface area (Å²) in [5.41, 5.74) is 2.22. The molecule has 7 heteroatoms. The van der Waals surface area contributed by atoms with Gasteiger partial charge in [0.05, 0.1) is 13.1 Å². The third-order valence-electron chi connectivity index (χ3n) is 5.58. The summed E-state index contributed by atoms with van der Waals surface area (Å²) in [5.74, 6) is 0.317. The van der Waals surface area contributed by atoms with Crippen molar-refractivity contribution in [1.29, 1.82) is 0 Å². The van der Waals surface area contributed by atoms with E-state index in [4.69, 9.17) is 9.47 Å². The van der Waals surface area contributed by atoms with Gasteiger partial charge < -0.3 is 19.3 Å². The fourth-order valence-electron chi connectivity index (χ4n) is 3.59. The number of amides is 2. The molecule has 0 radical (unpaired) electrons. The molecule has 0 unspecified atom stereocenters. The molecular weight excluding hydrogens is 460 g/mol. The van der Waals surface area contributed by atoms with Gasteiger partial charge in [-0.25, -0.2) is 0 Å². The van der Waals surface area contributed by atoms with Gasteiger partial charge in [0.2, 0.25) is 5.91 Å². The number of benzene rings is 2. The second-order valence-electron chi connectivity index (χ2n) is 8.23. The second-order valence-corrected chi connectivity index (χ2v) is 9.23. The van der Waals surface area contributed by atoms with Gasteiger partial charge in [-0.1, -0.05) is 48.5 Å². The maximum Gasteiger partial charge on any atom is 0.260 e. The molecular formula is C28H34N2O4S. The topological polar surface area (TPSA) is 59.1 Å². The standard InChI is InChI=1S/C28H34N2O4S/c1-3-33-17-10-16-29(28(32)22-34-25-13-8-5-9-14-25)21-27(31)30(19-24-11-6-4-7-12-24)20-26-23(2)15-18-35-26/h4-9,11-15,18H,3,10,16-17,19-22H2,1-2H3. The van der Waals surface area contributed by atoms with Crippen molar-refractivity contribution in [3.8, 4) is 5.75 Å². The molecule has 2 aromatic carbocycles. The number of hydrogen-bond donors (Lipinski definition) is 0. The molecule has 0 N–H and O–H groups in total. The van der Waals surface area contributed by atoms with Crippen LogP contribution in [0.2, 0.25) is 0 Å². The number of thiophene rings is 1. The average molecular weight is 495 g/mol. The normalized spacial score (nSPS) is 10.7. The highest BCUT2D eigenvalue weighted by atomic mass is 32.1. The highest BCUT2D eigenvalue weighted by Crippen LogP contribution is 2.20. The highest BCUT2D eigenvalue weighted by Gasteiger charge is 2.23. The van der Waals surface area contributed by atoms with E-state index in [1.54, 1.807) is 16.2 Å². The number of ether oxygens (including phenoxy) is 2. The Kier molecular flexibility index (Phi) is 10.8. The molecule has 0 aliphatic carbocycles. The number of carbonyl (C=O) groups excluding carboxylic acids is 2. The first-order valence-corrected chi connectivity index (χ1v) is 12.8. The van der Waals surface area contributed by atoms with E-state index in [9.17, 15) is 9.59 Å². The van der Waals surface area contributed by atoms with E-state index in [0.717, 1.165) is 10.4 Å². The number of rotatable bonds is 14. The van der Waals surface area contributed by atoms with Crippen LogP contribution < -0.4 is 4.74 Å². The zero-order valence-corrected chi connectivity index (χ0v) is 21.3. The largest absolute Gasteiger partial charge is 0.484 e. The number of carbonyl (C=O) groups is 2. The minimum absolute atomic E-state index is 0.000362. The minimum Gasteiger partial charge on any atom is -0.484 e. The first-order chi connectivity index (χ1) is 17.1. The van der Waals surface area contributed by atoms with Gasteiger partial charge in [0.1, 0.15) is 5.75 Å². The summed E-state index contributed by atoms with van der Waals surface area (Å²) in [6.07, 6.45) is 0.654. The van der Waals surface area contributed by atoms with Gasteiger partial charge >= 0.3 is 0 Å². The molecule has 2 amide bonds. The molecule has 0 aliphatic rings. The first-order valence-electron chi connectivity index (χ1n) is 11.9. The van der Waals surface area contributed by atoms with Crippen LogP contribution in [0.1, 0.15) is 29.3 Å². The van der Waals surface area contributed by atoms with Gasteiger partial charge in [0.25, 0.3) is 5.91 Å². The van der Waals surface area contributed by atoms with Crippen LogP contribution in [-0.4, -0.2) is 54.5 Å². The van der Waals surface area contributed by atoms with E-state index < -0.39 is 0 Å². The SMILES string of the molecule is CCOCCCN(CC(=O)N(Cc1ccccc1)Cc1sccc1C)C(=O)COc1ccccc1. The van der Waals surface area contributed by atoms with Gasteiger partial charge in [-0.15, -0.1) is 11.3 Å². The van der Waals surface area contributed by atoms with Crippen LogP contribution in [0.4, 0.5) is 0 Å². The molecule has 0 bridgehead atoms. The van der Waals surface area contributed by atoms with E-state index >= 15 is 0 Å². The van der Waals surface area contributed by atoms with E-state index in [-0.39, 0.29) is 25.0 Å². The van der Waals surface area contributed by atoms with Crippen molar-refractivity contribution in [3.05, 3.63) is 88.1 Å². The van der Waals surface area contributed by atoms with E-state index in [0.29, 0.717) is 45.0 Å². The lowest BCUT2D eigenvalue weighted by molar-refractivity contribution is -0.142. The Bertz CT molecular complexity index is 1040. The van der Waals surface area contributed by atoms with Crippen molar-refractivity contribution in [2.24, 2.45) is 0 Å². The molecule has 3 rings (SSSR count). The molecule has 0 aliphatic heterocycles. The van der Waals surface area contributed by atoms with Gasteiger partial charge in [0, 0.05) is 31.2 Å². The zero-order valence-electron chi connectivity index (χ0n) is 20.5. The lowest BCUT2D eigenvalue weighted by atomic mass is 10.2. The first kappa shape index (κ1) is 26.4. The summed E-state index contributed by atoms with van der Waals surface area (Å²) in [6, 6.07) is 21.2. The summed E-state index contributed by atoms with van der Waals surface area (Å²) < 4.78 is 11.1.